The smallest absolute Gasteiger partial charge is 0.261 e. The molecule has 0 heterocycles. The zero-order valence-corrected chi connectivity index (χ0v) is 16.0. The van der Waals surface area contributed by atoms with Crippen molar-refractivity contribution in [2.75, 3.05) is 4.72 Å². The Morgan fingerprint density at radius 1 is 1.12 bits per heavy atom. The fourth-order valence-electron chi connectivity index (χ4n) is 2.76. The molecule has 0 spiro atoms. The molecular weight excluding hydrogens is 360 g/mol. The fraction of sp³-hybridized carbons (Fsp3) is 0.333. The number of halogens is 1. The van der Waals surface area contributed by atoms with Crippen molar-refractivity contribution in [2.24, 2.45) is 5.73 Å². The van der Waals surface area contributed by atoms with E-state index >= 15 is 0 Å². The summed E-state index contributed by atoms with van der Waals surface area (Å²) in [6.45, 7) is 5.32. The molecule has 0 aliphatic rings. The van der Waals surface area contributed by atoms with Crippen molar-refractivity contribution in [3.05, 3.63) is 58.6 Å². The van der Waals surface area contributed by atoms with E-state index in [1.54, 1.807) is 37.3 Å². The SMILES string of the molecule is Cc1ccc(NS(=O)(=O)c2ccc(C(C(C)N)C(C)O)cc2)cc1Cl. The lowest BCUT2D eigenvalue weighted by molar-refractivity contribution is 0.152. The van der Waals surface area contributed by atoms with Crippen LogP contribution in [-0.2, 0) is 10.0 Å². The number of aliphatic hydroxyl groups is 1. The zero-order valence-electron chi connectivity index (χ0n) is 14.4. The van der Waals surface area contributed by atoms with Gasteiger partial charge in [-0.3, -0.25) is 4.72 Å². The molecule has 0 saturated carbocycles. The molecule has 2 rings (SSSR count). The number of rotatable bonds is 6. The van der Waals surface area contributed by atoms with Crippen molar-refractivity contribution in [1.29, 1.82) is 0 Å². The number of aliphatic hydroxyl groups excluding tert-OH is 1. The van der Waals surface area contributed by atoms with Crippen LogP contribution in [0.15, 0.2) is 47.4 Å². The third-order valence-corrected chi connectivity index (χ3v) is 5.89. The zero-order chi connectivity index (χ0) is 18.8. The van der Waals surface area contributed by atoms with Gasteiger partial charge >= 0.3 is 0 Å². The first-order valence-electron chi connectivity index (χ1n) is 7.94. The summed E-state index contributed by atoms with van der Waals surface area (Å²) in [5.74, 6) is -0.263. The van der Waals surface area contributed by atoms with Crippen LogP contribution in [0.25, 0.3) is 0 Å². The maximum Gasteiger partial charge on any atom is 0.261 e. The maximum atomic E-state index is 12.5. The number of aryl methyl sites for hydroxylation is 1. The lowest BCUT2D eigenvalue weighted by Gasteiger charge is -2.24. The fourth-order valence-corrected chi connectivity index (χ4v) is 3.99. The highest BCUT2D eigenvalue weighted by atomic mass is 35.5. The minimum atomic E-state index is -3.73. The summed E-state index contributed by atoms with van der Waals surface area (Å²) >= 11 is 6.03. The van der Waals surface area contributed by atoms with Crippen LogP contribution in [0, 0.1) is 6.92 Å². The highest BCUT2D eigenvalue weighted by Gasteiger charge is 2.22. The van der Waals surface area contributed by atoms with Gasteiger partial charge in [-0.2, -0.15) is 0 Å². The number of hydrogen-bond donors (Lipinski definition) is 3. The molecule has 0 fully saturated rings. The van der Waals surface area contributed by atoms with Crippen LogP contribution in [0.4, 0.5) is 5.69 Å². The molecule has 0 aliphatic carbocycles. The first-order valence-corrected chi connectivity index (χ1v) is 9.80. The van der Waals surface area contributed by atoms with Crippen LogP contribution in [0.5, 0.6) is 0 Å². The Morgan fingerprint density at radius 3 is 2.20 bits per heavy atom. The lowest BCUT2D eigenvalue weighted by atomic mass is 9.89. The van der Waals surface area contributed by atoms with Gasteiger partial charge in [0.25, 0.3) is 10.0 Å². The molecular formula is C18H23ClN2O3S. The number of nitrogens with two attached hydrogens (primary N) is 1. The highest BCUT2D eigenvalue weighted by molar-refractivity contribution is 7.92. The second kappa shape index (κ2) is 7.74. The van der Waals surface area contributed by atoms with Crippen molar-refractivity contribution in [3.63, 3.8) is 0 Å². The van der Waals surface area contributed by atoms with E-state index in [4.69, 9.17) is 17.3 Å². The number of benzene rings is 2. The van der Waals surface area contributed by atoms with E-state index in [1.807, 2.05) is 13.8 Å². The Labute approximate surface area is 153 Å². The summed E-state index contributed by atoms with van der Waals surface area (Å²) < 4.78 is 27.5. The Hall–Kier alpha value is -1.60. The topological polar surface area (TPSA) is 92.4 Å². The van der Waals surface area contributed by atoms with E-state index in [1.165, 1.54) is 12.1 Å². The lowest BCUT2D eigenvalue weighted by Crippen LogP contribution is -2.32. The third-order valence-electron chi connectivity index (χ3n) is 4.09. The molecule has 3 unspecified atom stereocenters. The molecule has 0 bridgehead atoms. The van der Waals surface area contributed by atoms with E-state index in [9.17, 15) is 13.5 Å². The monoisotopic (exact) mass is 382 g/mol. The summed E-state index contributed by atoms with van der Waals surface area (Å²) in [4.78, 5) is 0.127. The molecule has 3 atom stereocenters. The van der Waals surface area contributed by atoms with Crippen molar-refractivity contribution in [3.8, 4) is 0 Å². The van der Waals surface area contributed by atoms with Crippen LogP contribution in [0.1, 0.15) is 30.9 Å². The van der Waals surface area contributed by atoms with Gasteiger partial charge < -0.3 is 10.8 Å². The van der Waals surface area contributed by atoms with Gasteiger partial charge in [0.05, 0.1) is 16.7 Å². The Balaban J connectivity index is 2.26. The molecule has 2 aromatic carbocycles. The molecule has 25 heavy (non-hydrogen) atoms. The van der Waals surface area contributed by atoms with Gasteiger partial charge in [0, 0.05) is 17.0 Å². The Kier molecular flexibility index (Phi) is 6.11. The largest absolute Gasteiger partial charge is 0.393 e. The minimum Gasteiger partial charge on any atom is -0.393 e. The summed E-state index contributed by atoms with van der Waals surface area (Å²) in [6.07, 6.45) is -0.629. The van der Waals surface area contributed by atoms with Crippen LogP contribution in [0.2, 0.25) is 5.02 Å². The second-order valence-corrected chi connectivity index (χ2v) is 8.35. The third kappa shape index (κ3) is 4.73. The second-order valence-electron chi connectivity index (χ2n) is 6.26. The average Bonchev–Trinajstić information content (AvgIpc) is 2.50. The molecule has 2 aromatic rings. The normalized spacial score (nSPS) is 15.4. The number of hydrogen-bond acceptors (Lipinski definition) is 4. The quantitative estimate of drug-likeness (QED) is 0.714. The van der Waals surface area contributed by atoms with Gasteiger partial charge in [0.2, 0.25) is 0 Å². The molecule has 136 valence electrons. The number of nitrogens with one attached hydrogen (secondary N) is 1. The highest BCUT2D eigenvalue weighted by Crippen LogP contribution is 2.26. The molecule has 0 aromatic heterocycles. The summed E-state index contributed by atoms with van der Waals surface area (Å²) in [6, 6.07) is 11.1. The van der Waals surface area contributed by atoms with Crippen LogP contribution in [0.3, 0.4) is 0 Å². The molecule has 0 radical (unpaired) electrons. The summed E-state index contributed by atoms with van der Waals surface area (Å²) in [5, 5.41) is 10.4. The van der Waals surface area contributed by atoms with Crippen molar-refractivity contribution in [1.82, 2.24) is 0 Å². The standard InChI is InChI=1S/C18H23ClN2O3S/c1-11-4-7-15(10-17(11)19)21-25(23,24)16-8-5-14(6-9-16)18(12(2)20)13(3)22/h4-10,12-13,18,21-22H,20H2,1-3H3. The molecule has 0 aliphatic heterocycles. The van der Waals surface area contributed by atoms with Gasteiger partial charge in [0.15, 0.2) is 0 Å². The number of anilines is 1. The molecule has 5 nitrogen and oxygen atoms in total. The first-order chi connectivity index (χ1) is 11.6. The van der Waals surface area contributed by atoms with Gasteiger partial charge in [-0.1, -0.05) is 29.8 Å². The van der Waals surface area contributed by atoms with Gasteiger partial charge in [-0.15, -0.1) is 0 Å². The molecule has 0 amide bonds. The van der Waals surface area contributed by atoms with Crippen molar-refractivity contribution >= 4 is 27.3 Å². The molecule has 0 saturated heterocycles. The summed E-state index contributed by atoms with van der Waals surface area (Å²) in [7, 11) is -3.73. The minimum absolute atomic E-state index is 0.127. The van der Waals surface area contributed by atoms with Crippen LogP contribution in [-0.4, -0.2) is 25.7 Å². The van der Waals surface area contributed by atoms with E-state index in [2.05, 4.69) is 4.72 Å². The Bertz CT molecular complexity index is 826. The van der Waals surface area contributed by atoms with Crippen LogP contribution < -0.4 is 10.5 Å². The van der Waals surface area contributed by atoms with Crippen molar-refractivity contribution in [2.45, 2.75) is 43.7 Å². The predicted octanol–water partition coefficient (Wildman–Crippen LogP) is 3.26. The summed E-state index contributed by atoms with van der Waals surface area (Å²) in [5.41, 5.74) is 7.98. The van der Waals surface area contributed by atoms with E-state index in [0.29, 0.717) is 10.7 Å². The van der Waals surface area contributed by atoms with Crippen molar-refractivity contribution < 1.29 is 13.5 Å². The first kappa shape index (κ1) is 19.7. The van der Waals surface area contributed by atoms with Crippen LogP contribution >= 0.6 is 11.6 Å². The average molecular weight is 383 g/mol. The van der Waals surface area contributed by atoms with Gasteiger partial charge in [0.1, 0.15) is 0 Å². The van der Waals surface area contributed by atoms with Gasteiger partial charge in [-0.25, -0.2) is 8.42 Å². The number of sulfonamides is 1. The molecule has 7 heteroatoms. The van der Waals surface area contributed by atoms with E-state index < -0.39 is 16.1 Å². The van der Waals surface area contributed by atoms with E-state index in [0.717, 1.165) is 11.1 Å². The molecule has 4 N–H and O–H groups in total. The Morgan fingerprint density at radius 2 is 1.72 bits per heavy atom. The van der Waals surface area contributed by atoms with Gasteiger partial charge in [-0.05, 0) is 56.2 Å². The predicted molar refractivity (Wildman–Crippen MR) is 102 cm³/mol. The maximum absolute atomic E-state index is 12.5. The van der Waals surface area contributed by atoms with E-state index in [-0.39, 0.29) is 16.9 Å².